The third kappa shape index (κ3) is 2.12. The summed E-state index contributed by atoms with van der Waals surface area (Å²) in [7, 11) is 0. The molecular formula is C13H14ClNO2S. The Balaban J connectivity index is 1.71. The van der Waals surface area contributed by atoms with Gasteiger partial charge in [-0.25, -0.2) is 0 Å². The summed E-state index contributed by atoms with van der Waals surface area (Å²) in [5.41, 5.74) is 0.148. The summed E-state index contributed by atoms with van der Waals surface area (Å²) in [6.07, 6.45) is 3.83. The number of hydrogen-bond donors (Lipinski definition) is 0. The largest absolute Gasteiger partial charge is 0.269 e. The van der Waals surface area contributed by atoms with E-state index in [1.807, 2.05) is 12.1 Å². The second-order valence-corrected chi connectivity index (χ2v) is 6.87. The molecule has 96 valence electrons. The number of thioether (sulfide) groups is 1. The Bertz CT molecular complexity index is 463. The van der Waals surface area contributed by atoms with Crippen LogP contribution < -0.4 is 0 Å². The fourth-order valence-corrected chi connectivity index (χ4v) is 5.12. The van der Waals surface area contributed by atoms with Crippen LogP contribution >= 0.6 is 23.4 Å². The van der Waals surface area contributed by atoms with Crippen molar-refractivity contribution in [3.05, 3.63) is 34.4 Å². The fourth-order valence-electron chi connectivity index (χ4n) is 3.13. The number of benzene rings is 1. The lowest BCUT2D eigenvalue weighted by molar-refractivity contribution is -0.384. The molecule has 0 aromatic heterocycles. The Labute approximate surface area is 115 Å². The number of fused-ring (bicyclic) bond motifs is 2. The summed E-state index contributed by atoms with van der Waals surface area (Å²) in [5.74, 6) is 1.42. The second kappa shape index (κ2) is 4.74. The summed E-state index contributed by atoms with van der Waals surface area (Å²) in [6.45, 7) is 0. The predicted molar refractivity (Wildman–Crippen MR) is 73.2 cm³/mol. The highest BCUT2D eigenvalue weighted by molar-refractivity contribution is 8.00. The minimum atomic E-state index is -0.365. The van der Waals surface area contributed by atoms with Crippen molar-refractivity contribution in [1.29, 1.82) is 0 Å². The van der Waals surface area contributed by atoms with Crippen LogP contribution in [0.1, 0.15) is 19.3 Å². The summed E-state index contributed by atoms with van der Waals surface area (Å²) in [5, 5.41) is 11.3. The van der Waals surface area contributed by atoms with Gasteiger partial charge in [-0.1, -0.05) is 0 Å². The molecule has 0 heterocycles. The molecule has 2 saturated carbocycles. The van der Waals surface area contributed by atoms with Crippen LogP contribution in [-0.2, 0) is 0 Å². The van der Waals surface area contributed by atoms with Gasteiger partial charge in [-0.05, 0) is 43.2 Å². The summed E-state index contributed by atoms with van der Waals surface area (Å²) < 4.78 is 0. The van der Waals surface area contributed by atoms with Crippen molar-refractivity contribution in [2.24, 2.45) is 11.8 Å². The molecule has 0 aliphatic heterocycles. The molecule has 2 aliphatic rings. The minimum Gasteiger partial charge on any atom is -0.258 e. The van der Waals surface area contributed by atoms with E-state index in [1.165, 1.54) is 19.3 Å². The molecule has 2 bridgehead atoms. The molecule has 0 spiro atoms. The van der Waals surface area contributed by atoms with Gasteiger partial charge in [0.05, 0.1) is 4.92 Å². The maximum Gasteiger partial charge on any atom is 0.269 e. The number of halogens is 1. The molecule has 1 aromatic rings. The van der Waals surface area contributed by atoms with Crippen LogP contribution in [0.2, 0.25) is 0 Å². The average Bonchev–Trinajstić information content (AvgIpc) is 2.94. The van der Waals surface area contributed by atoms with E-state index >= 15 is 0 Å². The first-order chi connectivity index (χ1) is 8.65. The Hall–Kier alpha value is -0.740. The van der Waals surface area contributed by atoms with E-state index in [-0.39, 0.29) is 16.0 Å². The van der Waals surface area contributed by atoms with Gasteiger partial charge in [0, 0.05) is 27.7 Å². The van der Waals surface area contributed by atoms with Crippen LogP contribution in [-0.4, -0.2) is 15.6 Å². The highest BCUT2D eigenvalue weighted by Crippen LogP contribution is 2.53. The van der Waals surface area contributed by atoms with E-state index in [1.54, 1.807) is 23.9 Å². The molecule has 0 saturated heterocycles. The molecular weight excluding hydrogens is 270 g/mol. The standard InChI is InChI=1S/C13H14ClNO2S/c14-12-8-1-2-9(7-8)13(12)18-11-5-3-10(4-6-11)15(16)17/h3-6,8-9,12-13H,1-2,7H2/t8-,9+,12-,13-/m0/s1. The molecule has 0 amide bonds. The SMILES string of the molecule is O=[N+]([O-])c1ccc(S[C@H]2[C@@H]3CC[C@@H](C3)[C@@H]2Cl)cc1. The third-order valence-electron chi connectivity index (χ3n) is 4.06. The number of nitro groups is 1. The quantitative estimate of drug-likeness (QED) is 0.477. The van der Waals surface area contributed by atoms with Gasteiger partial charge in [-0.2, -0.15) is 0 Å². The monoisotopic (exact) mass is 283 g/mol. The van der Waals surface area contributed by atoms with Crippen molar-refractivity contribution >= 4 is 29.1 Å². The van der Waals surface area contributed by atoms with Crippen LogP contribution in [0.25, 0.3) is 0 Å². The van der Waals surface area contributed by atoms with Crippen LogP contribution in [0, 0.1) is 22.0 Å². The topological polar surface area (TPSA) is 43.1 Å². The number of nitrogens with zero attached hydrogens (tertiary/aromatic N) is 1. The number of alkyl halides is 1. The third-order valence-corrected chi connectivity index (χ3v) is 6.33. The average molecular weight is 284 g/mol. The van der Waals surface area contributed by atoms with E-state index in [0.717, 1.165) is 10.8 Å². The lowest BCUT2D eigenvalue weighted by atomic mass is 10.00. The number of non-ortho nitro benzene ring substituents is 1. The molecule has 18 heavy (non-hydrogen) atoms. The first-order valence-electron chi connectivity index (χ1n) is 6.20. The number of nitro benzene ring substituents is 1. The van der Waals surface area contributed by atoms with Crippen LogP contribution in [0.15, 0.2) is 29.2 Å². The van der Waals surface area contributed by atoms with Crippen molar-refractivity contribution in [3.8, 4) is 0 Å². The smallest absolute Gasteiger partial charge is 0.258 e. The zero-order valence-corrected chi connectivity index (χ0v) is 11.4. The van der Waals surface area contributed by atoms with Gasteiger partial charge in [0.2, 0.25) is 0 Å². The first-order valence-corrected chi connectivity index (χ1v) is 7.52. The van der Waals surface area contributed by atoms with E-state index in [0.29, 0.717) is 11.2 Å². The Morgan fingerprint density at radius 1 is 1.22 bits per heavy atom. The molecule has 2 aliphatic carbocycles. The Morgan fingerprint density at radius 3 is 2.44 bits per heavy atom. The molecule has 5 heteroatoms. The molecule has 2 fully saturated rings. The van der Waals surface area contributed by atoms with Crippen LogP contribution in [0.4, 0.5) is 5.69 Å². The Morgan fingerprint density at radius 2 is 1.89 bits per heavy atom. The van der Waals surface area contributed by atoms with Gasteiger partial charge in [0.1, 0.15) is 0 Å². The van der Waals surface area contributed by atoms with Crippen LogP contribution in [0.3, 0.4) is 0 Å². The van der Waals surface area contributed by atoms with Crippen molar-refractivity contribution in [3.63, 3.8) is 0 Å². The maximum atomic E-state index is 10.6. The van der Waals surface area contributed by atoms with E-state index in [9.17, 15) is 10.1 Å². The summed E-state index contributed by atoms with van der Waals surface area (Å²) in [6, 6.07) is 6.80. The van der Waals surface area contributed by atoms with Gasteiger partial charge in [-0.15, -0.1) is 23.4 Å². The minimum absolute atomic E-state index is 0.148. The van der Waals surface area contributed by atoms with Crippen molar-refractivity contribution in [2.75, 3.05) is 0 Å². The molecule has 3 rings (SSSR count). The molecule has 0 radical (unpaired) electrons. The van der Waals surface area contributed by atoms with Gasteiger partial charge in [0.25, 0.3) is 5.69 Å². The fraction of sp³-hybridized carbons (Fsp3) is 0.538. The van der Waals surface area contributed by atoms with E-state index < -0.39 is 0 Å². The lowest BCUT2D eigenvalue weighted by Gasteiger charge is -2.25. The number of rotatable bonds is 3. The van der Waals surface area contributed by atoms with Gasteiger partial charge in [-0.3, -0.25) is 10.1 Å². The van der Waals surface area contributed by atoms with Gasteiger partial charge >= 0.3 is 0 Å². The zero-order valence-electron chi connectivity index (χ0n) is 9.79. The van der Waals surface area contributed by atoms with E-state index in [2.05, 4.69) is 0 Å². The van der Waals surface area contributed by atoms with Crippen molar-refractivity contribution < 1.29 is 4.92 Å². The van der Waals surface area contributed by atoms with Crippen molar-refractivity contribution in [2.45, 2.75) is 34.8 Å². The van der Waals surface area contributed by atoms with Gasteiger partial charge in [0.15, 0.2) is 0 Å². The first kappa shape index (κ1) is 12.3. The highest BCUT2D eigenvalue weighted by Gasteiger charge is 2.47. The second-order valence-electron chi connectivity index (χ2n) is 5.11. The molecule has 0 unspecified atom stereocenters. The molecule has 3 nitrogen and oxygen atoms in total. The zero-order chi connectivity index (χ0) is 12.7. The number of hydrogen-bond acceptors (Lipinski definition) is 3. The predicted octanol–water partition coefficient (Wildman–Crippen LogP) is 4.09. The summed E-state index contributed by atoms with van der Waals surface area (Å²) in [4.78, 5) is 11.3. The maximum absolute atomic E-state index is 10.6. The lowest BCUT2D eigenvalue weighted by Crippen LogP contribution is -2.24. The molecule has 4 atom stereocenters. The highest BCUT2D eigenvalue weighted by atomic mass is 35.5. The molecule has 1 aromatic carbocycles. The summed E-state index contributed by atoms with van der Waals surface area (Å²) >= 11 is 8.27. The Kier molecular flexibility index (Phi) is 3.24. The normalized spacial score (nSPS) is 33.8. The molecule has 0 N–H and O–H groups in total. The van der Waals surface area contributed by atoms with Crippen LogP contribution in [0.5, 0.6) is 0 Å². The van der Waals surface area contributed by atoms with Gasteiger partial charge < -0.3 is 0 Å². The van der Waals surface area contributed by atoms with Crippen molar-refractivity contribution in [1.82, 2.24) is 0 Å². The van der Waals surface area contributed by atoms with E-state index in [4.69, 9.17) is 11.6 Å².